The molecule has 0 aliphatic carbocycles. The smallest absolute Gasteiger partial charge is 0.140 e. The van der Waals surface area contributed by atoms with Crippen LogP contribution in [-0.2, 0) is 0 Å². The normalized spacial score (nSPS) is 10.4. The first kappa shape index (κ1) is 14.3. The van der Waals surface area contributed by atoms with Gasteiger partial charge < -0.3 is 10.4 Å². The molecule has 0 amide bonds. The van der Waals surface area contributed by atoms with Crippen LogP contribution in [0.15, 0.2) is 21.2 Å². The molecule has 0 atom stereocenters. The summed E-state index contributed by atoms with van der Waals surface area (Å²) < 4.78 is 1.92. The lowest BCUT2D eigenvalue weighted by Crippen LogP contribution is -2.06. The van der Waals surface area contributed by atoms with Crippen LogP contribution in [0.4, 0.5) is 5.82 Å². The summed E-state index contributed by atoms with van der Waals surface area (Å²) >= 11 is 8.64. The molecule has 16 heavy (non-hydrogen) atoms. The van der Waals surface area contributed by atoms with Crippen molar-refractivity contribution < 1.29 is 5.11 Å². The highest BCUT2D eigenvalue weighted by molar-refractivity contribution is 9.11. The standard InChI is InChI=1S/C10H14Br2N2OS/c11-8-6-9(12)10(14-7-8)13-2-5-16-4-1-3-15/h6-7,15H,1-5H2,(H,13,14). The van der Waals surface area contributed by atoms with Gasteiger partial charge in [0.25, 0.3) is 0 Å². The topological polar surface area (TPSA) is 45.1 Å². The van der Waals surface area contributed by atoms with Crippen molar-refractivity contribution in [1.82, 2.24) is 4.98 Å². The Morgan fingerprint density at radius 3 is 2.88 bits per heavy atom. The van der Waals surface area contributed by atoms with E-state index in [4.69, 9.17) is 5.11 Å². The van der Waals surface area contributed by atoms with Crippen LogP contribution in [0.1, 0.15) is 6.42 Å². The minimum Gasteiger partial charge on any atom is -0.396 e. The molecule has 2 N–H and O–H groups in total. The van der Waals surface area contributed by atoms with Crippen LogP contribution in [0.3, 0.4) is 0 Å². The Morgan fingerprint density at radius 2 is 2.19 bits per heavy atom. The van der Waals surface area contributed by atoms with Crippen molar-refractivity contribution in [3.63, 3.8) is 0 Å². The van der Waals surface area contributed by atoms with Crippen molar-refractivity contribution in [2.45, 2.75) is 6.42 Å². The van der Waals surface area contributed by atoms with E-state index in [1.165, 1.54) is 0 Å². The van der Waals surface area contributed by atoms with E-state index < -0.39 is 0 Å². The molecule has 90 valence electrons. The third kappa shape index (κ3) is 5.52. The van der Waals surface area contributed by atoms with Crippen LogP contribution in [0.25, 0.3) is 0 Å². The number of aromatic nitrogens is 1. The Hall–Kier alpha value is 0.220. The van der Waals surface area contributed by atoms with Crippen LogP contribution in [0.5, 0.6) is 0 Å². The maximum absolute atomic E-state index is 8.61. The number of pyridine rings is 1. The van der Waals surface area contributed by atoms with Crippen molar-refractivity contribution in [2.75, 3.05) is 30.0 Å². The van der Waals surface area contributed by atoms with Gasteiger partial charge in [-0.3, -0.25) is 0 Å². The molecule has 1 rings (SSSR count). The van der Waals surface area contributed by atoms with Gasteiger partial charge in [0.2, 0.25) is 0 Å². The second-order valence-electron chi connectivity index (χ2n) is 3.10. The Labute approximate surface area is 117 Å². The number of aliphatic hydroxyl groups excluding tert-OH is 1. The number of hydrogen-bond acceptors (Lipinski definition) is 4. The molecule has 0 aromatic carbocycles. The molecule has 1 aromatic rings. The van der Waals surface area contributed by atoms with Gasteiger partial charge in [0.05, 0.1) is 4.47 Å². The van der Waals surface area contributed by atoms with Gasteiger partial charge in [-0.05, 0) is 50.1 Å². The van der Waals surface area contributed by atoms with Gasteiger partial charge in [-0.15, -0.1) is 0 Å². The molecule has 6 heteroatoms. The molecular weight excluding hydrogens is 356 g/mol. The fraction of sp³-hybridized carbons (Fsp3) is 0.500. The van der Waals surface area contributed by atoms with Crippen LogP contribution in [0, 0.1) is 0 Å². The van der Waals surface area contributed by atoms with E-state index in [0.29, 0.717) is 0 Å². The zero-order chi connectivity index (χ0) is 11.8. The Bertz CT molecular complexity index is 326. The number of rotatable bonds is 7. The number of nitrogens with one attached hydrogen (secondary N) is 1. The predicted octanol–water partition coefficient (Wildman–Crippen LogP) is 3.13. The molecule has 0 unspecified atom stereocenters. The van der Waals surface area contributed by atoms with E-state index in [1.807, 2.05) is 17.8 Å². The summed E-state index contributed by atoms with van der Waals surface area (Å²) in [6, 6.07) is 1.97. The summed E-state index contributed by atoms with van der Waals surface area (Å²) in [6.07, 6.45) is 2.64. The molecule has 0 saturated heterocycles. The molecule has 0 aliphatic rings. The van der Waals surface area contributed by atoms with Crippen LogP contribution >= 0.6 is 43.6 Å². The molecule has 3 nitrogen and oxygen atoms in total. The summed E-state index contributed by atoms with van der Waals surface area (Å²) in [6.45, 7) is 1.16. The molecule has 1 aromatic heterocycles. The van der Waals surface area contributed by atoms with Crippen molar-refractivity contribution in [2.24, 2.45) is 0 Å². The number of aliphatic hydroxyl groups is 1. The largest absolute Gasteiger partial charge is 0.396 e. The van der Waals surface area contributed by atoms with Gasteiger partial charge >= 0.3 is 0 Å². The minimum absolute atomic E-state index is 0.278. The molecular formula is C10H14Br2N2OS. The highest BCUT2D eigenvalue weighted by Crippen LogP contribution is 2.23. The highest BCUT2D eigenvalue weighted by Gasteiger charge is 2.00. The van der Waals surface area contributed by atoms with E-state index in [-0.39, 0.29) is 6.61 Å². The summed E-state index contributed by atoms with van der Waals surface area (Å²) in [4.78, 5) is 4.26. The SMILES string of the molecule is OCCCSCCNc1ncc(Br)cc1Br. The maximum Gasteiger partial charge on any atom is 0.140 e. The van der Waals surface area contributed by atoms with Gasteiger partial charge in [-0.1, -0.05) is 0 Å². The molecule has 0 saturated carbocycles. The number of anilines is 1. The van der Waals surface area contributed by atoms with E-state index in [0.717, 1.165) is 39.2 Å². The maximum atomic E-state index is 8.61. The molecule has 0 radical (unpaired) electrons. The lowest BCUT2D eigenvalue weighted by Gasteiger charge is -2.07. The van der Waals surface area contributed by atoms with Gasteiger partial charge in [-0.2, -0.15) is 11.8 Å². The first-order valence-electron chi connectivity index (χ1n) is 4.97. The Balaban J connectivity index is 2.21. The van der Waals surface area contributed by atoms with Crippen molar-refractivity contribution >= 4 is 49.4 Å². The fourth-order valence-corrected chi connectivity index (χ4v) is 2.97. The summed E-state index contributed by atoms with van der Waals surface area (Å²) in [5.74, 6) is 2.89. The van der Waals surface area contributed by atoms with Crippen molar-refractivity contribution in [3.8, 4) is 0 Å². The van der Waals surface area contributed by atoms with Crippen LogP contribution in [-0.4, -0.2) is 34.7 Å². The van der Waals surface area contributed by atoms with E-state index >= 15 is 0 Å². The first-order chi connectivity index (χ1) is 7.74. The molecule has 0 bridgehead atoms. The lowest BCUT2D eigenvalue weighted by atomic mass is 10.4. The van der Waals surface area contributed by atoms with Gasteiger partial charge in [0.15, 0.2) is 0 Å². The van der Waals surface area contributed by atoms with Gasteiger partial charge in [0, 0.05) is 29.6 Å². The summed E-state index contributed by atoms with van der Waals surface area (Å²) in [5.41, 5.74) is 0. The fourth-order valence-electron chi connectivity index (χ4n) is 1.05. The van der Waals surface area contributed by atoms with E-state index in [2.05, 4.69) is 42.2 Å². The summed E-state index contributed by atoms with van der Waals surface area (Å²) in [5, 5.41) is 11.9. The average molecular weight is 370 g/mol. The first-order valence-corrected chi connectivity index (χ1v) is 7.71. The number of hydrogen-bond donors (Lipinski definition) is 2. The monoisotopic (exact) mass is 368 g/mol. The second kappa shape index (κ2) is 8.33. The molecule has 0 aliphatic heterocycles. The van der Waals surface area contributed by atoms with Gasteiger partial charge in [0.1, 0.15) is 5.82 Å². The van der Waals surface area contributed by atoms with Gasteiger partial charge in [-0.25, -0.2) is 4.98 Å². The summed E-state index contributed by atoms with van der Waals surface area (Å²) in [7, 11) is 0. The predicted molar refractivity (Wildman–Crippen MR) is 77.2 cm³/mol. The number of nitrogens with zero attached hydrogens (tertiary/aromatic N) is 1. The molecule has 0 fully saturated rings. The third-order valence-electron chi connectivity index (χ3n) is 1.79. The minimum atomic E-state index is 0.278. The molecule has 0 spiro atoms. The van der Waals surface area contributed by atoms with Crippen molar-refractivity contribution in [3.05, 3.63) is 21.2 Å². The van der Waals surface area contributed by atoms with E-state index in [1.54, 1.807) is 6.20 Å². The Morgan fingerprint density at radius 1 is 1.38 bits per heavy atom. The zero-order valence-corrected chi connectivity index (χ0v) is 12.7. The van der Waals surface area contributed by atoms with Crippen LogP contribution < -0.4 is 5.32 Å². The number of halogens is 2. The average Bonchev–Trinajstić information content (AvgIpc) is 2.26. The lowest BCUT2D eigenvalue weighted by molar-refractivity contribution is 0.296. The Kier molecular flexibility index (Phi) is 7.44. The van der Waals surface area contributed by atoms with E-state index in [9.17, 15) is 0 Å². The van der Waals surface area contributed by atoms with Crippen molar-refractivity contribution in [1.29, 1.82) is 0 Å². The highest BCUT2D eigenvalue weighted by atomic mass is 79.9. The van der Waals surface area contributed by atoms with Crippen LogP contribution in [0.2, 0.25) is 0 Å². The number of thioether (sulfide) groups is 1. The second-order valence-corrected chi connectivity index (χ2v) is 6.10. The molecule has 1 heterocycles. The third-order valence-corrected chi connectivity index (χ3v) is 3.90. The quantitative estimate of drug-likeness (QED) is 0.724. The zero-order valence-electron chi connectivity index (χ0n) is 8.75.